The van der Waals surface area contributed by atoms with Crippen LogP contribution in [0, 0.1) is 13.8 Å². The second-order valence-electron chi connectivity index (χ2n) is 5.87. The molecule has 0 unspecified atom stereocenters. The minimum absolute atomic E-state index is 0.0317. The Labute approximate surface area is 149 Å². The van der Waals surface area contributed by atoms with E-state index in [1.165, 1.54) is 11.8 Å². The molecule has 0 aliphatic carbocycles. The van der Waals surface area contributed by atoms with E-state index in [-0.39, 0.29) is 17.1 Å². The molecule has 130 valence electrons. The van der Waals surface area contributed by atoms with Crippen molar-refractivity contribution in [2.45, 2.75) is 32.5 Å². The average molecular weight is 356 g/mol. The summed E-state index contributed by atoms with van der Waals surface area (Å²) >= 11 is 1.28. The molecule has 0 radical (unpaired) electrons. The molecule has 3 rings (SSSR count). The molecule has 6 nitrogen and oxygen atoms in total. The summed E-state index contributed by atoms with van der Waals surface area (Å²) in [5, 5.41) is 1.02. The third-order valence-electron chi connectivity index (χ3n) is 4.42. The highest BCUT2D eigenvalue weighted by Gasteiger charge is 2.17. The molecule has 3 aromatic heterocycles. The van der Waals surface area contributed by atoms with Gasteiger partial charge >= 0.3 is 0 Å². The van der Waals surface area contributed by atoms with E-state index in [0.717, 1.165) is 17.0 Å². The third kappa shape index (κ3) is 3.11. The third-order valence-corrected chi connectivity index (χ3v) is 5.40. The number of hydrogen-bond acceptors (Lipinski definition) is 5. The van der Waals surface area contributed by atoms with Crippen LogP contribution in [0.4, 0.5) is 0 Å². The Hall–Kier alpha value is -2.41. The molecule has 7 heteroatoms. The van der Waals surface area contributed by atoms with Gasteiger partial charge in [0.15, 0.2) is 16.6 Å². The summed E-state index contributed by atoms with van der Waals surface area (Å²) < 4.78 is 3.59. The van der Waals surface area contributed by atoms with Crippen LogP contribution in [-0.2, 0) is 13.6 Å². The molecule has 0 amide bonds. The van der Waals surface area contributed by atoms with E-state index >= 15 is 0 Å². The molecule has 0 spiro atoms. The fourth-order valence-corrected chi connectivity index (χ4v) is 3.71. The number of pyridine rings is 1. The largest absolute Gasteiger partial charge is 0.351 e. The highest BCUT2D eigenvalue weighted by Crippen LogP contribution is 2.21. The number of aromatic nitrogens is 4. The molecule has 0 aliphatic heterocycles. The number of carbonyl (C=O) groups excluding carboxylic acids is 1. The maximum atomic E-state index is 12.6. The van der Waals surface area contributed by atoms with Crippen molar-refractivity contribution in [1.29, 1.82) is 0 Å². The summed E-state index contributed by atoms with van der Waals surface area (Å²) in [4.78, 5) is 33.8. The summed E-state index contributed by atoms with van der Waals surface area (Å²) in [5.74, 6) is 0.263. The molecule has 25 heavy (non-hydrogen) atoms. The van der Waals surface area contributed by atoms with Crippen LogP contribution in [0.3, 0.4) is 0 Å². The van der Waals surface area contributed by atoms with Crippen molar-refractivity contribution in [1.82, 2.24) is 19.1 Å². The van der Waals surface area contributed by atoms with E-state index < -0.39 is 0 Å². The molecule has 0 aliphatic rings. The van der Waals surface area contributed by atoms with Crippen molar-refractivity contribution in [3.8, 4) is 0 Å². The Morgan fingerprint density at radius 1 is 1.32 bits per heavy atom. The number of rotatable bonds is 5. The van der Waals surface area contributed by atoms with Crippen LogP contribution in [0.1, 0.15) is 28.7 Å². The molecule has 0 fully saturated rings. The van der Waals surface area contributed by atoms with E-state index in [4.69, 9.17) is 0 Å². The topological polar surface area (TPSA) is 69.8 Å². The molecule has 0 N–H and O–H groups in total. The summed E-state index contributed by atoms with van der Waals surface area (Å²) in [6.45, 7) is 6.30. The van der Waals surface area contributed by atoms with Gasteiger partial charge in [-0.3, -0.25) is 14.2 Å². The number of fused-ring (bicyclic) bond motifs is 1. The van der Waals surface area contributed by atoms with Gasteiger partial charge in [0.2, 0.25) is 0 Å². The summed E-state index contributed by atoms with van der Waals surface area (Å²) in [6, 6.07) is 5.35. The zero-order valence-corrected chi connectivity index (χ0v) is 15.6. The van der Waals surface area contributed by atoms with E-state index in [1.54, 1.807) is 22.9 Å². The van der Waals surface area contributed by atoms with Crippen LogP contribution in [0.2, 0.25) is 0 Å². The molecule has 3 heterocycles. The van der Waals surface area contributed by atoms with Crippen LogP contribution in [-0.4, -0.2) is 30.6 Å². The van der Waals surface area contributed by atoms with Crippen molar-refractivity contribution in [3.63, 3.8) is 0 Å². The maximum absolute atomic E-state index is 12.6. The van der Waals surface area contributed by atoms with Crippen molar-refractivity contribution >= 4 is 28.6 Å². The Balaban J connectivity index is 1.91. The van der Waals surface area contributed by atoms with Crippen LogP contribution < -0.4 is 5.56 Å². The summed E-state index contributed by atoms with van der Waals surface area (Å²) in [6.07, 6.45) is 1.61. The zero-order chi connectivity index (χ0) is 18.1. The second kappa shape index (κ2) is 6.84. The Morgan fingerprint density at radius 3 is 2.72 bits per heavy atom. The standard InChI is InChI=1S/C18H20N4O2S/c1-5-22-17(24)13-7-6-8-19-16(13)20-18(22)25-10-15(23)14-9-11(2)21(4)12(14)3/h6-9H,5,10H2,1-4H3. The van der Waals surface area contributed by atoms with E-state index in [2.05, 4.69) is 9.97 Å². The minimum atomic E-state index is -0.123. The molecule has 3 aromatic rings. The molecule has 0 atom stereocenters. The maximum Gasteiger partial charge on any atom is 0.263 e. The SMILES string of the molecule is CCn1c(SCC(=O)c2cc(C)n(C)c2C)nc2ncccc2c1=O. The number of nitrogens with zero attached hydrogens (tertiary/aromatic N) is 4. The quantitative estimate of drug-likeness (QED) is 0.399. The Bertz CT molecular complexity index is 1020. The predicted octanol–water partition coefficient (Wildman–Crippen LogP) is 2.74. The first-order valence-corrected chi connectivity index (χ1v) is 9.07. The fourth-order valence-electron chi connectivity index (χ4n) is 2.77. The molecule has 0 aromatic carbocycles. The summed E-state index contributed by atoms with van der Waals surface area (Å²) in [5.41, 5.74) is 3.01. The van der Waals surface area contributed by atoms with Gasteiger partial charge in [0, 0.05) is 36.7 Å². The molecular weight excluding hydrogens is 336 g/mol. The normalized spacial score (nSPS) is 11.2. The highest BCUT2D eigenvalue weighted by molar-refractivity contribution is 7.99. The lowest BCUT2D eigenvalue weighted by Crippen LogP contribution is -2.23. The average Bonchev–Trinajstić information content (AvgIpc) is 2.87. The number of hydrogen-bond donors (Lipinski definition) is 0. The van der Waals surface area contributed by atoms with Gasteiger partial charge in [0.05, 0.1) is 11.1 Å². The van der Waals surface area contributed by atoms with Crippen molar-refractivity contribution in [2.24, 2.45) is 7.05 Å². The number of carbonyl (C=O) groups is 1. The first kappa shape index (κ1) is 17.4. The van der Waals surface area contributed by atoms with Gasteiger partial charge in [-0.05, 0) is 39.0 Å². The molecular formula is C18H20N4O2S. The molecule has 0 bridgehead atoms. The first-order chi connectivity index (χ1) is 11.9. The highest BCUT2D eigenvalue weighted by atomic mass is 32.2. The van der Waals surface area contributed by atoms with Gasteiger partial charge in [0.1, 0.15) is 0 Å². The van der Waals surface area contributed by atoms with Gasteiger partial charge in [-0.25, -0.2) is 9.97 Å². The number of Topliss-reactive ketones (excluding diaryl/α,β-unsaturated/α-hetero) is 1. The molecule has 0 saturated heterocycles. The minimum Gasteiger partial charge on any atom is -0.351 e. The van der Waals surface area contributed by atoms with E-state index in [1.807, 2.05) is 38.5 Å². The van der Waals surface area contributed by atoms with Crippen molar-refractivity contribution in [3.05, 3.63) is 51.7 Å². The van der Waals surface area contributed by atoms with Gasteiger partial charge in [-0.15, -0.1) is 0 Å². The predicted molar refractivity (Wildman–Crippen MR) is 99.4 cm³/mol. The fraction of sp³-hybridized carbons (Fsp3) is 0.333. The van der Waals surface area contributed by atoms with Crippen LogP contribution in [0.15, 0.2) is 34.3 Å². The number of ketones is 1. The number of thioether (sulfide) groups is 1. The van der Waals surface area contributed by atoms with Crippen LogP contribution in [0.25, 0.3) is 11.0 Å². The van der Waals surface area contributed by atoms with Gasteiger partial charge in [-0.2, -0.15) is 0 Å². The van der Waals surface area contributed by atoms with Crippen molar-refractivity contribution in [2.75, 3.05) is 5.75 Å². The number of aryl methyl sites for hydroxylation is 1. The van der Waals surface area contributed by atoms with Gasteiger partial charge < -0.3 is 4.57 Å². The lowest BCUT2D eigenvalue weighted by atomic mass is 10.2. The Morgan fingerprint density at radius 2 is 2.08 bits per heavy atom. The van der Waals surface area contributed by atoms with Crippen LogP contribution in [0.5, 0.6) is 0 Å². The second-order valence-corrected chi connectivity index (χ2v) is 6.82. The monoisotopic (exact) mass is 356 g/mol. The smallest absolute Gasteiger partial charge is 0.263 e. The van der Waals surface area contributed by atoms with Crippen molar-refractivity contribution < 1.29 is 4.79 Å². The van der Waals surface area contributed by atoms with Gasteiger partial charge in [0.25, 0.3) is 5.56 Å². The van der Waals surface area contributed by atoms with E-state index in [0.29, 0.717) is 22.7 Å². The lowest BCUT2D eigenvalue weighted by Gasteiger charge is -2.10. The molecule has 0 saturated carbocycles. The summed E-state index contributed by atoms with van der Waals surface area (Å²) in [7, 11) is 1.94. The zero-order valence-electron chi connectivity index (χ0n) is 14.7. The lowest BCUT2D eigenvalue weighted by molar-refractivity contribution is 0.102. The Kier molecular flexibility index (Phi) is 4.76. The first-order valence-electron chi connectivity index (χ1n) is 8.08. The van der Waals surface area contributed by atoms with Crippen LogP contribution >= 0.6 is 11.8 Å². The van der Waals surface area contributed by atoms with Gasteiger partial charge in [-0.1, -0.05) is 11.8 Å². The van der Waals surface area contributed by atoms with E-state index in [9.17, 15) is 9.59 Å².